The van der Waals surface area contributed by atoms with Crippen LogP contribution in [-0.4, -0.2) is 32.3 Å². The van der Waals surface area contributed by atoms with Crippen molar-refractivity contribution in [3.63, 3.8) is 0 Å². The van der Waals surface area contributed by atoms with Gasteiger partial charge in [-0.15, -0.1) is 0 Å². The molecule has 2 N–H and O–H groups in total. The van der Waals surface area contributed by atoms with Gasteiger partial charge < -0.3 is 15.4 Å². The molecule has 1 aromatic rings. The van der Waals surface area contributed by atoms with Crippen LogP contribution in [0.3, 0.4) is 0 Å². The van der Waals surface area contributed by atoms with Crippen molar-refractivity contribution in [3.8, 4) is 6.07 Å². The Balaban J connectivity index is 2.17. The van der Waals surface area contributed by atoms with Crippen molar-refractivity contribution < 1.29 is 4.74 Å². The van der Waals surface area contributed by atoms with Crippen LogP contribution in [-0.2, 0) is 4.74 Å². The molecule has 0 radical (unpaired) electrons. The van der Waals surface area contributed by atoms with Gasteiger partial charge in [0.1, 0.15) is 6.07 Å². The molecule has 1 aliphatic rings. The van der Waals surface area contributed by atoms with E-state index in [4.69, 9.17) is 27.3 Å². The Bertz CT molecular complexity index is 444. The van der Waals surface area contributed by atoms with E-state index in [-0.39, 0.29) is 6.10 Å². The lowest BCUT2D eigenvalue weighted by Crippen LogP contribution is -2.45. The fraction of sp³-hybridized carbons (Fsp3) is 0.417. The van der Waals surface area contributed by atoms with E-state index in [2.05, 4.69) is 11.0 Å². The highest BCUT2D eigenvalue weighted by atomic mass is 35.5. The third-order valence-electron chi connectivity index (χ3n) is 2.84. The van der Waals surface area contributed by atoms with Gasteiger partial charge in [-0.25, -0.2) is 0 Å². The van der Waals surface area contributed by atoms with Gasteiger partial charge in [0.05, 0.1) is 23.3 Å². The van der Waals surface area contributed by atoms with Crippen LogP contribution in [0.25, 0.3) is 0 Å². The van der Waals surface area contributed by atoms with E-state index in [1.165, 1.54) is 0 Å². The van der Waals surface area contributed by atoms with Gasteiger partial charge in [0.2, 0.25) is 0 Å². The molecular weight excluding hydrogens is 238 g/mol. The fourth-order valence-corrected chi connectivity index (χ4v) is 2.10. The SMILES string of the molecule is N#Cc1ccc(N2CCOC(CN)C2)cc1Cl. The van der Waals surface area contributed by atoms with Crippen molar-refractivity contribution >= 4 is 17.3 Å². The Morgan fingerprint density at radius 2 is 2.41 bits per heavy atom. The number of ether oxygens (including phenoxy) is 1. The standard InChI is InChI=1S/C12H14ClN3O/c13-12-5-10(2-1-9(12)6-14)16-3-4-17-11(7-15)8-16/h1-2,5,11H,3-4,7-8,15H2. The van der Waals surface area contributed by atoms with Crippen LogP contribution < -0.4 is 10.6 Å². The molecule has 2 rings (SSSR count). The Labute approximate surface area is 106 Å². The number of hydrogen-bond donors (Lipinski definition) is 1. The van der Waals surface area contributed by atoms with Crippen LogP contribution in [0.4, 0.5) is 5.69 Å². The summed E-state index contributed by atoms with van der Waals surface area (Å²) in [5.41, 5.74) is 7.11. The minimum absolute atomic E-state index is 0.0677. The van der Waals surface area contributed by atoms with Gasteiger partial charge in [-0.1, -0.05) is 11.6 Å². The van der Waals surface area contributed by atoms with Gasteiger partial charge in [-0.3, -0.25) is 0 Å². The summed E-state index contributed by atoms with van der Waals surface area (Å²) in [5.74, 6) is 0. The average Bonchev–Trinajstić information content (AvgIpc) is 2.38. The molecule has 1 aromatic carbocycles. The molecule has 1 fully saturated rings. The third kappa shape index (κ3) is 2.70. The molecule has 4 nitrogen and oxygen atoms in total. The average molecular weight is 252 g/mol. The Hall–Kier alpha value is -1.28. The van der Waals surface area contributed by atoms with E-state index in [9.17, 15) is 0 Å². The zero-order chi connectivity index (χ0) is 12.3. The van der Waals surface area contributed by atoms with Crippen LogP contribution in [0.1, 0.15) is 5.56 Å². The lowest BCUT2D eigenvalue weighted by molar-refractivity contribution is 0.0466. The lowest BCUT2D eigenvalue weighted by atomic mass is 10.2. The smallest absolute Gasteiger partial charge is 0.101 e. The Kier molecular flexibility index (Phi) is 3.85. The second-order valence-electron chi connectivity index (χ2n) is 3.95. The first kappa shape index (κ1) is 12.2. The molecule has 1 heterocycles. The lowest BCUT2D eigenvalue weighted by Gasteiger charge is -2.34. The molecule has 1 aliphatic heterocycles. The number of anilines is 1. The number of nitrogens with two attached hydrogens (primary N) is 1. The molecule has 1 atom stereocenters. The first-order valence-electron chi connectivity index (χ1n) is 5.51. The quantitative estimate of drug-likeness (QED) is 0.863. The summed E-state index contributed by atoms with van der Waals surface area (Å²) in [6.45, 7) is 2.76. The summed E-state index contributed by atoms with van der Waals surface area (Å²) in [4.78, 5) is 2.17. The topological polar surface area (TPSA) is 62.3 Å². The van der Waals surface area contributed by atoms with E-state index >= 15 is 0 Å². The van der Waals surface area contributed by atoms with Crippen LogP contribution in [0.15, 0.2) is 18.2 Å². The van der Waals surface area contributed by atoms with Crippen LogP contribution in [0.5, 0.6) is 0 Å². The molecule has 90 valence electrons. The minimum atomic E-state index is 0.0677. The first-order chi connectivity index (χ1) is 8.24. The second-order valence-corrected chi connectivity index (χ2v) is 4.36. The van der Waals surface area contributed by atoms with Crippen LogP contribution in [0.2, 0.25) is 5.02 Å². The summed E-state index contributed by atoms with van der Waals surface area (Å²) in [7, 11) is 0. The van der Waals surface area contributed by atoms with Crippen molar-refractivity contribution in [2.75, 3.05) is 31.1 Å². The van der Waals surface area contributed by atoms with Gasteiger partial charge >= 0.3 is 0 Å². The zero-order valence-corrected chi connectivity index (χ0v) is 10.2. The molecule has 0 bridgehead atoms. The predicted octanol–water partition coefficient (Wildman–Crippen LogP) is 1.38. The number of hydrogen-bond acceptors (Lipinski definition) is 4. The molecule has 1 unspecified atom stereocenters. The maximum absolute atomic E-state index is 8.82. The number of nitrogens with zero attached hydrogens (tertiary/aromatic N) is 2. The number of nitriles is 1. The van der Waals surface area contributed by atoms with Gasteiger partial charge in [-0.2, -0.15) is 5.26 Å². The Morgan fingerprint density at radius 1 is 1.59 bits per heavy atom. The Morgan fingerprint density at radius 3 is 3.06 bits per heavy atom. The van der Waals surface area contributed by atoms with E-state index in [0.29, 0.717) is 23.7 Å². The highest BCUT2D eigenvalue weighted by Gasteiger charge is 2.19. The fourth-order valence-electron chi connectivity index (χ4n) is 1.89. The van der Waals surface area contributed by atoms with E-state index in [1.54, 1.807) is 6.07 Å². The highest BCUT2D eigenvalue weighted by Crippen LogP contribution is 2.24. The second kappa shape index (κ2) is 5.37. The monoisotopic (exact) mass is 251 g/mol. The van der Waals surface area contributed by atoms with Crippen LogP contribution in [0, 0.1) is 11.3 Å². The maximum Gasteiger partial charge on any atom is 0.101 e. The molecule has 1 saturated heterocycles. The zero-order valence-electron chi connectivity index (χ0n) is 9.40. The van der Waals surface area contributed by atoms with E-state index < -0.39 is 0 Å². The van der Waals surface area contributed by atoms with Gasteiger partial charge in [-0.05, 0) is 18.2 Å². The predicted molar refractivity (Wildman–Crippen MR) is 67.2 cm³/mol. The van der Waals surface area contributed by atoms with E-state index in [1.807, 2.05) is 12.1 Å². The molecule has 0 aliphatic carbocycles. The summed E-state index contributed by atoms with van der Waals surface area (Å²) in [6, 6.07) is 7.52. The third-order valence-corrected chi connectivity index (χ3v) is 3.15. The van der Waals surface area contributed by atoms with Crippen molar-refractivity contribution in [1.29, 1.82) is 5.26 Å². The van der Waals surface area contributed by atoms with Crippen molar-refractivity contribution in [3.05, 3.63) is 28.8 Å². The summed E-state index contributed by atoms with van der Waals surface area (Å²) >= 11 is 6.01. The van der Waals surface area contributed by atoms with Gasteiger partial charge in [0, 0.05) is 25.3 Å². The normalized spacial score (nSPS) is 20.1. The molecule has 0 saturated carbocycles. The van der Waals surface area contributed by atoms with Crippen molar-refractivity contribution in [1.82, 2.24) is 0 Å². The van der Waals surface area contributed by atoms with Crippen molar-refractivity contribution in [2.24, 2.45) is 5.73 Å². The molecule has 0 amide bonds. The maximum atomic E-state index is 8.82. The number of benzene rings is 1. The summed E-state index contributed by atoms with van der Waals surface area (Å²) in [6.07, 6.45) is 0.0677. The minimum Gasteiger partial charge on any atom is -0.373 e. The van der Waals surface area contributed by atoms with Crippen LogP contribution >= 0.6 is 11.6 Å². The molecular formula is C12H14ClN3O. The molecule has 0 spiro atoms. The summed E-state index contributed by atoms with van der Waals surface area (Å²) in [5, 5.41) is 9.30. The van der Waals surface area contributed by atoms with E-state index in [0.717, 1.165) is 18.8 Å². The number of morpholine rings is 1. The largest absolute Gasteiger partial charge is 0.373 e. The van der Waals surface area contributed by atoms with Gasteiger partial charge in [0.15, 0.2) is 0 Å². The molecule has 17 heavy (non-hydrogen) atoms. The highest BCUT2D eigenvalue weighted by molar-refractivity contribution is 6.32. The van der Waals surface area contributed by atoms with Gasteiger partial charge in [0.25, 0.3) is 0 Å². The van der Waals surface area contributed by atoms with Crippen molar-refractivity contribution in [2.45, 2.75) is 6.10 Å². The number of rotatable bonds is 2. The molecule has 5 heteroatoms. The first-order valence-corrected chi connectivity index (χ1v) is 5.88. The number of halogens is 1. The summed E-state index contributed by atoms with van der Waals surface area (Å²) < 4.78 is 5.50. The molecule has 0 aromatic heterocycles.